The summed E-state index contributed by atoms with van der Waals surface area (Å²) in [6.45, 7) is 0. The summed E-state index contributed by atoms with van der Waals surface area (Å²) >= 11 is 12.1. The molecule has 0 spiro atoms. The topological polar surface area (TPSA) is 66.9 Å². The van der Waals surface area contributed by atoms with Gasteiger partial charge in [0.25, 0.3) is 5.91 Å². The molecule has 1 aliphatic carbocycles. The molecule has 0 atom stereocenters. The molecule has 1 aliphatic rings. The lowest BCUT2D eigenvalue weighted by Gasteiger charge is -2.15. The van der Waals surface area contributed by atoms with Gasteiger partial charge in [0.05, 0.1) is 23.1 Å². The number of rotatable bonds is 4. The normalized spacial score (nSPS) is 15.4. The quantitative estimate of drug-likeness (QED) is 0.736. The summed E-state index contributed by atoms with van der Waals surface area (Å²) in [6, 6.07) is 5.36. The van der Waals surface area contributed by atoms with Gasteiger partial charge in [-0.05, 0) is 31.0 Å². The second kappa shape index (κ2) is 8.50. The van der Waals surface area contributed by atoms with E-state index in [1.165, 1.54) is 38.1 Å². The summed E-state index contributed by atoms with van der Waals surface area (Å²) in [5.74, 6) is 0.321. The van der Waals surface area contributed by atoms with Crippen LogP contribution in [-0.4, -0.2) is 21.9 Å². The Kier molecular flexibility index (Phi) is 6.10. The van der Waals surface area contributed by atoms with Crippen molar-refractivity contribution in [3.05, 3.63) is 46.3 Å². The highest BCUT2D eigenvalue weighted by molar-refractivity contribution is 6.35. The molecule has 7 heteroatoms. The van der Waals surface area contributed by atoms with Crippen LogP contribution >= 0.6 is 23.2 Å². The van der Waals surface area contributed by atoms with E-state index in [1.807, 2.05) is 0 Å². The summed E-state index contributed by atoms with van der Waals surface area (Å²) in [5, 5.41) is 7.21. The monoisotopic (exact) mass is 378 g/mol. The number of carbonyl (C=O) groups is 1. The van der Waals surface area contributed by atoms with Crippen molar-refractivity contribution in [2.75, 3.05) is 5.32 Å². The second-order valence-electron chi connectivity index (χ2n) is 6.20. The zero-order valence-corrected chi connectivity index (χ0v) is 15.3. The number of anilines is 2. The van der Waals surface area contributed by atoms with E-state index in [2.05, 4.69) is 20.6 Å². The van der Waals surface area contributed by atoms with Crippen LogP contribution in [0.3, 0.4) is 0 Å². The van der Waals surface area contributed by atoms with Gasteiger partial charge in [-0.2, -0.15) is 0 Å². The summed E-state index contributed by atoms with van der Waals surface area (Å²) in [6.07, 6.45) is 9.88. The maximum Gasteiger partial charge on any atom is 0.271 e. The van der Waals surface area contributed by atoms with Crippen molar-refractivity contribution in [3.63, 3.8) is 0 Å². The van der Waals surface area contributed by atoms with Crippen LogP contribution < -0.4 is 10.6 Å². The van der Waals surface area contributed by atoms with Crippen LogP contribution in [0.1, 0.15) is 49.0 Å². The Labute approximate surface area is 157 Å². The summed E-state index contributed by atoms with van der Waals surface area (Å²) in [5.41, 5.74) is 0.950. The largest absolute Gasteiger partial charge is 0.348 e. The Bertz CT molecular complexity index is 728. The molecule has 2 N–H and O–H groups in total. The minimum Gasteiger partial charge on any atom is -0.348 e. The molecule has 1 fully saturated rings. The van der Waals surface area contributed by atoms with E-state index in [-0.39, 0.29) is 11.9 Å². The number of hydrogen-bond acceptors (Lipinski definition) is 4. The molecule has 0 unspecified atom stereocenters. The number of hydrogen-bond donors (Lipinski definition) is 2. The molecule has 3 rings (SSSR count). The molecule has 1 heterocycles. The lowest BCUT2D eigenvalue weighted by Crippen LogP contribution is -2.34. The van der Waals surface area contributed by atoms with Crippen LogP contribution in [-0.2, 0) is 0 Å². The molecule has 25 heavy (non-hydrogen) atoms. The SMILES string of the molecule is O=C(NC1CCCCCC1)c1cnc(Nc2cc(Cl)ccc2Cl)cn1. The molecule has 0 aliphatic heterocycles. The van der Waals surface area contributed by atoms with Gasteiger partial charge in [0.15, 0.2) is 0 Å². The fourth-order valence-corrected chi connectivity index (χ4v) is 3.26. The third-order valence-electron chi connectivity index (χ3n) is 4.27. The molecular weight excluding hydrogens is 359 g/mol. The number of halogens is 2. The van der Waals surface area contributed by atoms with Gasteiger partial charge in [-0.15, -0.1) is 0 Å². The van der Waals surface area contributed by atoms with Gasteiger partial charge >= 0.3 is 0 Å². The molecule has 5 nitrogen and oxygen atoms in total. The fourth-order valence-electron chi connectivity index (χ4n) is 2.92. The van der Waals surface area contributed by atoms with Gasteiger partial charge in [-0.25, -0.2) is 9.97 Å². The van der Waals surface area contributed by atoms with E-state index in [9.17, 15) is 4.79 Å². The summed E-state index contributed by atoms with van der Waals surface area (Å²) in [4.78, 5) is 20.8. The molecule has 2 aromatic rings. The predicted octanol–water partition coefficient (Wildman–Crippen LogP) is 4.98. The summed E-state index contributed by atoms with van der Waals surface area (Å²) < 4.78 is 0. The Morgan fingerprint density at radius 2 is 1.80 bits per heavy atom. The van der Waals surface area contributed by atoms with Gasteiger partial charge < -0.3 is 10.6 Å². The first-order chi connectivity index (χ1) is 12.1. The zero-order valence-electron chi connectivity index (χ0n) is 13.8. The van der Waals surface area contributed by atoms with E-state index in [1.54, 1.807) is 18.2 Å². The van der Waals surface area contributed by atoms with Gasteiger partial charge in [0.2, 0.25) is 0 Å². The third kappa shape index (κ3) is 5.06. The third-order valence-corrected chi connectivity index (χ3v) is 4.83. The number of nitrogens with zero attached hydrogens (tertiary/aromatic N) is 2. The first kappa shape index (κ1) is 18.0. The standard InChI is InChI=1S/C18H20Cl2N4O/c19-12-7-8-14(20)15(9-12)24-17-11-21-16(10-22-17)18(25)23-13-5-3-1-2-4-6-13/h7-11,13H,1-6H2,(H,22,24)(H,23,25). The molecule has 1 saturated carbocycles. The van der Waals surface area contributed by atoms with Gasteiger partial charge in [-0.1, -0.05) is 48.9 Å². The van der Waals surface area contributed by atoms with E-state index in [0.717, 1.165) is 12.8 Å². The van der Waals surface area contributed by atoms with Gasteiger partial charge in [0.1, 0.15) is 11.5 Å². The second-order valence-corrected chi connectivity index (χ2v) is 7.04. The van der Waals surface area contributed by atoms with Crippen molar-refractivity contribution in [3.8, 4) is 0 Å². The zero-order chi connectivity index (χ0) is 17.6. The van der Waals surface area contributed by atoms with E-state index >= 15 is 0 Å². The minimum absolute atomic E-state index is 0.174. The smallest absolute Gasteiger partial charge is 0.271 e. The van der Waals surface area contributed by atoms with E-state index in [0.29, 0.717) is 27.2 Å². The van der Waals surface area contributed by atoms with E-state index in [4.69, 9.17) is 23.2 Å². The van der Waals surface area contributed by atoms with Crippen molar-refractivity contribution in [1.82, 2.24) is 15.3 Å². The highest BCUT2D eigenvalue weighted by Gasteiger charge is 2.16. The fraction of sp³-hybridized carbons (Fsp3) is 0.389. The summed E-state index contributed by atoms with van der Waals surface area (Å²) in [7, 11) is 0. The molecular formula is C18H20Cl2N4O. The van der Waals surface area contributed by atoms with Crippen LogP contribution in [0, 0.1) is 0 Å². The minimum atomic E-state index is -0.174. The van der Waals surface area contributed by atoms with Crippen LogP contribution in [0.2, 0.25) is 10.0 Å². The van der Waals surface area contributed by atoms with Crippen molar-refractivity contribution in [1.29, 1.82) is 0 Å². The molecule has 132 valence electrons. The Morgan fingerprint density at radius 1 is 1.04 bits per heavy atom. The van der Waals surface area contributed by atoms with Crippen LogP contribution in [0.4, 0.5) is 11.5 Å². The molecule has 1 amide bonds. The van der Waals surface area contributed by atoms with Crippen LogP contribution in [0.25, 0.3) is 0 Å². The molecule has 0 bridgehead atoms. The molecule has 0 radical (unpaired) electrons. The Balaban J connectivity index is 1.63. The lowest BCUT2D eigenvalue weighted by atomic mass is 10.1. The number of benzene rings is 1. The van der Waals surface area contributed by atoms with Crippen molar-refractivity contribution < 1.29 is 4.79 Å². The number of carbonyl (C=O) groups excluding carboxylic acids is 1. The van der Waals surface area contributed by atoms with Crippen molar-refractivity contribution in [2.45, 2.75) is 44.6 Å². The van der Waals surface area contributed by atoms with Crippen molar-refractivity contribution >= 4 is 40.6 Å². The van der Waals surface area contributed by atoms with Crippen molar-refractivity contribution in [2.24, 2.45) is 0 Å². The van der Waals surface area contributed by atoms with Gasteiger partial charge in [0, 0.05) is 11.1 Å². The maximum absolute atomic E-state index is 12.3. The molecule has 0 saturated heterocycles. The lowest BCUT2D eigenvalue weighted by molar-refractivity contribution is 0.0928. The van der Waals surface area contributed by atoms with Crippen LogP contribution in [0.5, 0.6) is 0 Å². The average molecular weight is 379 g/mol. The Morgan fingerprint density at radius 3 is 2.48 bits per heavy atom. The highest BCUT2D eigenvalue weighted by atomic mass is 35.5. The molecule has 1 aromatic heterocycles. The number of amides is 1. The van der Waals surface area contributed by atoms with Crippen LogP contribution in [0.15, 0.2) is 30.6 Å². The Hall–Kier alpha value is -1.85. The maximum atomic E-state index is 12.3. The van der Waals surface area contributed by atoms with E-state index < -0.39 is 0 Å². The first-order valence-electron chi connectivity index (χ1n) is 8.47. The predicted molar refractivity (Wildman–Crippen MR) is 101 cm³/mol. The number of nitrogens with one attached hydrogen (secondary N) is 2. The van der Waals surface area contributed by atoms with Gasteiger partial charge in [-0.3, -0.25) is 4.79 Å². The highest BCUT2D eigenvalue weighted by Crippen LogP contribution is 2.27. The number of aromatic nitrogens is 2. The first-order valence-corrected chi connectivity index (χ1v) is 9.22. The molecule has 1 aromatic carbocycles. The average Bonchev–Trinajstić information content (AvgIpc) is 2.87.